The van der Waals surface area contributed by atoms with Gasteiger partial charge in [0.05, 0.1) is 33.1 Å². The van der Waals surface area contributed by atoms with Gasteiger partial charge in [-0.3, -0.25) is 4.40 Å². The molecule has 13 aromatic rings. The Morgan fingerprint density at radius 1 is 0.356 bits per heavy atom. The Balaban J connectivity index is 1.10. The molecule has 0 aliphatic heterocycles. The molecule has 0 radical (unpaired) electrons. The standard InChI is InChI=1S/C53H31N5O/c1-3-14-32(15-4-1)33-26-28-35(29-27-33)51-54-50(34-16-5-2-6-17-34)55-52(56-51)38-19-8-11-23-42(38)57-43-24-13-21-37-36-18-7-10-22-41(36)58-49-40(30-31-44(57)48(49)47(37)43)46-39-20-9-12-25-45(39)59-53(46)58/h1-31H. The molecule has 0 unspecified atom stereocenters. The van der Waals surface area contributed by atoms with Crippen LogP contribution < -0.4 is 0 Å². The highest BCUT2D eigenvalue weighted by atomic mass is 16.3. The van der Waals surface area contributed by atoms with Crippen LogP contribution in [0.1, 0.15) is 0 Å². The first-order valence-corrected chi connectivity index (χ1v) is 19.9. The fraction of sp³-hybridized carbons (Fsp3) is 0. The lowest BCUT2D eigenvalue weighted by atomic mass is 10.0. The lowest BCUT2D eigenvalue weighted by Gasteiger charge is -2.15. The van der Waals surface area contributed by atoms with Crippen LogP contribution in [-0.2, 0) is 0 Å². The van der Waals surface area contributed by atoms with E-state index in [9.17, 15) is 0 Å². The van der Waals surface area contributed by atoms with Crippen molar-refractivity contribution in [3.63, 3.8) is 0 Å². The summed E-state index contributed by atoms with van der Waals surface area (Å²) in [5, 5.41) is 8.17. The molecule has 6 heteroatoms. The highest BCUT2D eigenvalue weighted by Crippen LogP contribution is 2.47. The van der Waals surface area contributed by atoms with Crippen LogP contribution in [0.25, 0.3) is 122 Å². The quantitative estimate of drug-likeness (QED) is 0.176. The van der Waals surface area contributed by atoms with Crippen LogP contribution in [0.3, 0.4) is 0 Å². The van der Waals surface area contributed by atoms with Gasteiger partial charge in [-0.15, -0.1) is 0 Å². The molecule has 0 atom stereocenters. The van der Waals surface area contributed by atoms with Gasteiger partial charge < -0.3 is 8.98 Å². The highest BCUT2D eigenvalue weighted by Gasteiger charge is 2.26. The normalized spacial score (nSPS) is 12.1. The third kappa shape index (κ3) is 4.59. The van der Waals surface area contributed by atoms with Gasteiger partial charge in [0.2, 0.25) is 5.71 Å². The fourth-order valence-electron chi connectivity index (χ4n) is 9.37. The van der Waals surface area contributed by atoms with Gasteiger partial charge in [-0.05, 0) is 59.0 Å². The van der Waals surface area contributed by atoms with Gasteiger partial charge in [0.1, 0.15) is 5.58 Å². The molecule has 0 fully saturated rings. The molecule has 59 heavy (non-hydrogen) atoms. The van der Waals surface area contributed by atoms with E-state index >= 15 is 0 Å². The van der Waals surface area contributed by atoms with Crippen LogP contribution in [0.15, 0.2) is 192 Å². The topological polar surface area (TPSA) is 61.2 Å². The van der Waals surface area contributed by atoms with Gasteiger partial charge in [0, 0.05) is 43.6 Å². The van der Waals surface area contributed by atoms with Crippen LogP contribution in [0.2, 0.25) is 0 Å². The molecule has 13 rings (SSSR count). The minimum absolute atomic E-state index is 0.605. The lowest BCUT2D eigenvalue weighted by molar-refractivity contribution is 0.651. The van der Waals surface area contributed by atoms with E-state index in [0.717, 1.165) is 77.5 Å². The fourth-order valence-corrected chi connectivity index (χ4v) is 9.37. The summed E-state index contributed by atoms with van der Waals surface area (Å²) >= 11 is 0. The van der Waals surface area contributed by atoms with Crippen molar-refractivity contribution in [2.24, 2.45) is 0 Å². The molecular weight excluding hydrogens is 723 g/mol. The number of nitrogens with zero attached hydrogens (tertiary/aromatic N) is 5. The van der Waals surface area contributed by atoms with Gasteiger partial charge in [-0.2, -0.15) is 0 Å². The molecule has 0 aliphatic rings. The van der Waals surface area contributed by atoms with Gasteiger partial charge in [-0.25, -0.2) is 15.0 Å². The zero-order valence-electron chi connectivity index (χ0n) is 31.5. The highest BCUT2D eigenvalue weighted by molar-refractivity contribution is 6.34. The largest absolute Gasteiger partial charge is 0.439 e. The van der Waals surface area contributed by atoms with Crippen molar-refractivity contribution in [2.45, 2.75) is 0 Å². The van der Waals surface area contributed by atoms with E-state index in [1.165, 1.54) is 27.1 Å². The van der Waals surface area contributed by atoms with Crippen molar-refractivity contribution in [1.82, 2.24) is 23.9 Å². The SMILES string of the molecule is c1ccc(-c2ccc(-c3nc(-c4ccccc4)nc(-c4ccccc4-n4c5cccc6c7ccccc7n7c8oc9ccccc9c8c8ccc4c(c65)c87)n3)cc2)cc1. The number of fused-ring (bicyclic) bond motifs is 8. The van der Waals surface area contributed by atoms with Crippen molar-refractivity contribution in [3.05, 3.63) is 188 Å². The zero-order valence-corrected chi connectivity index (χ0v) is 31.5. The maximum absolute atomic E-state index is 6.76. The Labute approximate surface area is 337 Å². The Hall–Kier alpha value is -8.09. The van der Waals surface area contributed by atoms with E-state index in [2.05, 4.69) is 167 Å². The Morgan fingerprint density at radius 3 is 1.75 bits per heavy atom. The molecule has 5 heterocycles. The molecule has 0 amide bonds. The number of rotatable bonds is 5. The van der Waals surface area contributed by atoms with E-state index < -0.39 is 0 Å². The average molecular weight is 754 g/mol. The zero-order chi connectivity index (χ0) is 38.6. The minimum atomic E-state index is 0.605. The smallest absolute Gasteiger partial charge is 0.213 e. The van der Waals surface area contributed by atoms with Crippen molar-refractivity contribution in [2.75, 3.05) is 0 Å². The monoisotopic (exact) mass is 753 g/mol. The van der Waals surface area contributed by atoms with Crippen molar-refractivity contribution in [1.29, 1.82) is 0 Å². The van der Waals surface area contributed by atoms with Gasteiger partial charge in [0.15, 0.2) is 17.5 Å². The molecule has 0 spiro atoms. The van der Waals surface area contributed by atoms with E-state index in [4.69, 9.17) is 19.4 Å². The van der Waals surface area contributed by atoms with Crippen LogP contribution in [-0.4, -0.2) is 23.9 Å². The van der Waals surface area contributed by atoms with Gasteiger partial charge in [0.25, 0.3) is 0 Å². The van der Waals surface area contributed by atoms with Crippen LogP contribution in [0.4, 0.5) is 0 Å². The van der Waals surface area contributed by atoms with Crippen LogP contribution in [0.5, 0.6) is 0 Å². The second-order valence-corrected chi connectivity index (χ2v) is 15.2. The summed E-state index contributed by atoms with van der Waals surface area (Å²) in [6.45, 7) is 0. The lowest BCUT2D eigenvalue weighted by Crippen LogP contribution is -2.03. The number of hydrogen-bond donors (Lipinski definition) is 0. The third-order valence-corrected chi connectivity index (χ3v) is 11.9. The molecule has 8 aromatic carbocycles. The van der Waals surface area contributed by atoms with E-state index in [1.807, 2.05) is 30.3 Å². The predicted octanol–water partition coefficient (Wildman–Crippen LogP) is 13.5. The van der Waals surface area contributed by atoms with E-state index in [-0.39, 0.29) is 0 Å². The molecule has 0 saturated carbocycles. The summed E-state index contributed by atoms with van der Waals surface area (Å²) in [5.41, 5.74) is 12.3. The second kappa shape index (κ2) is 12.2. The van der Waals surface area contributed by atoms with Crippen molar-refractivity contribution in [3.8, 4) is 51.0 Å². The molecule has 0 bridgehead atoms. The molecule has 0 aliphatic carbocycles. The molecule has 0 saturated heterocycles. The maximum atomic E-state index is 6.76. The molecule has 6 nitrogen and oxygen atoms in total. The first-order valence-electron chi connectivity index (χ1n) is 19.9. The predicted molar refractivity (Wildman–Crippen MR) is 240 cm³/mol. The number of aromatic nitrogens is 5. The molecule has 274 valence electrons. The number of para-hydroxylation sites is 3. The maximum Gasteiger partial charge on any atom is 0.213 e. The first kappa shape index (κ1) is 32.0. The summed E-state index contributed by atoms with van der Waals surface area (Å²) in [6, 6.07) is 65.8. The van der Waals surface area contributed by atoms with Crippen LogP contribution in [0, 0.1) is 0 Å². The third-order valence-electron chi connectivity index (χ3n) is 11.9. The second-order valence-electron chi connectivity index (χ2n) is 15.2. The van der Waals surface area contributed by atoms with Gasteiger partial charge in [-0.1, -0.05) is 146 Å². The Kier molecular flexibility index (Phi) is 6.63. The summed E-state index contributed by atoms with van der Waals surface area (Å²) in [4.78, 5) is 15.5. The van der Waals surface area contributed by atoms with Crippen LogP contribution >= 0.6 is 0 Å². The summed E-state index contributed by atoms with van der Waals surface area (Å²) < 4.78 is 11.5. The van der Waals surface area contributed by atoms with Crippen molar-refractivity contribution >= 4 is 71.1 Å². The summed E-state index contributed by atoms with van der Waals surface area (Å²) in [5.74, 6) is 1.85. The van der Waals surface area contributed by atoms with Crippen molar-refractivity contribution < 1.29 is 4.42 Å². The van der Waals surface area contributed by atoms with Gasteiger partial charge >= 0.3 is 0 Å². The minimum Gasteiger partial charge on any atom is -0.439 e. The van der Waals surface area contributed by atoms with E-state index in [1.54, 1.807) is 0 Å². The summed E-state index contributed by atoms with van der Waals surface area (Å²) in [7, 11) is 0. The molecular formula is C53H31N5O. The first-order chi connectivity index (χ1) is 29.3. The average Bonchev–Trinajstić information content (AvgIpc) is 3.93. The Bertz CT molecular complexity index is 3770. The number of benzene rings is 8. The summed E-state index contributed by atoms with van der Waals surface area (Å²) in [6.07, 6.45) is 0. The molecule has 5 aromatic heterocycles. The molecule has 0 N–H and O–H groups in total. The number of furan rings is 1. The Morgan fingerprint density at radius 2 is 0.932 bits per heavy atom. The number of hydrogen-bond acceptors (Lipinski definition) is 4. The van der Waals surface area contributed by atoms with E-state index in [0.29, 0.717) is 17.5 Å².